The molecule has 2 amide bonds. The van der Waals surface area contributed by atoms with Crippen LogP contribution in [0.4, 0.5) is 4.79 Å². The summed E-state index contributed by atoms with van der Waals surface area (Å²) in [6, 6.07) is 14.7. The van der Waals surface area contributed by atoms with E-state index in [0.29, 0.717) is 6.42 Å². The number of hydrogen-bond acceptors (Lipinski definition) is 5. The molecule has 3 N–H and O–H groups in total. The molecule has 2 aliphatic rings. The number of aliphatic carboxylic acids is 1. The van der Waals surface area contributed by atoms with Crippen molar-refractivity contribution in [3.05, 3.63) is 59.7 Å². The van der Waals surface area contributed by atoms with E-state index in [-0.39, 0.29) is 31.9 Å². The summed E-state index contributed by atoms with van der Waals surface area (Å²) in [5.41, 5.74) is 4.52. The molecule has 1 aliphatic heterocycles. The highest BCUT2D eigenvalue weighted by Crippen LogP contribution is 2.44. The lowest BCUT2D eigenvalue weighted by Crippen LogP contribution is -2.45. The molecule has 0 spiro atoms. The van der Waals surface area contributed by atoms with Crippen molar-refractivity contribution in [3.8, 4) is 11.1 Å². The fourth-order valence-electron chi connectivity index (χ4n) is 5.13. The summed E-state index contributed by atoms with van der Waals surface area (Å²) in [4.78, 5) is 38.3. The Morgan fingerprint density at radius 2 is 1.71 bits per heavy atom. The first-order valence-corrected chi connectivity index (χ1v) is 12.2. The Labute approximate surface area is 204 Å². The molecular weight excluding hydrogens is 448 g/mol. The first-order valence-electron chi connectivity index (χ1n) is 12.2. The molecule has 0 radical (unpaired) electrons. The van der Waals surface area contributed by atoms with Gasteiger partial charge in [-0.1, -0.05) is 68.3 Å². The lowest BCUT2D eigenvalue weighted by Gasteiger charge is -2.25. The number of carbonyl (C=O) groups is 3. The highest BCUT2D eigenvalue weighted by Gasteiger charge is 2.39. The van der Waals surface area contributed by atoms with Gasteiger partial charge in [-0.15, -0.1) is 0 Å². The Hall–Kier alpha value is -3.39. The van der Waals surface area contributed by atoms with Gasteiger partial charge in [0.15, 0.2) is 0 Å². The fraction of sp³-hybridized carbons (Fsp3) is 0.444. The monoisotopic (exact) mass is 480 g/mol. The molecule has 1 heterocycles. The standard InChI is InChI=1S/C27H32N2O6/c1-2-3-8-17(13-25(31)29-15-18(30)14-24(29)26(32)33)28-27(34)35-16-23-21-11-6-4-9-19(21)20-10-5-7-12-22(20)23/h4-7,9-12,17-18,23-24,30H,2-3,8,13-16H2,1H3,(H,28,34)(H,32,33). The number of aliphatic hydroxyl groups is 1. The predicted octanol–water partition coefficient (Wildman–Crippen LogP) is 3.52. The molecule has 4 rings (SSSR count). The minimum absolute atomic E-state index is 0.0127. The van der Waals surface area contributed by atoms with Gasteiger partial charge in [-0.05, 0) is 28.7 Å². The molecule has 2 aromatic rings. The maximum absolute atomic E-state index is 12.9. The zero-order chi connectivity index (χ0) is 24.9. The molecule has 3 unspecified atom stereocenters. The second-order valence-corrected chi connectivity index (χ2v) is 9.30. The lowest BCUT2D eigenvalue weighted by molar-refractivity contribution is -0.148. The Balaban J connectivity index is 1.39. The summed E-state index contributed by atoms with van der Waals surface area (Å²) >= 11 is 0. The van der Waals surface area contributed by atoms with Crippen LogP contribution in [0.3, 0.4) is 0 Å². The molecule has 1 fully saturated rings. The molecule has 8 nitrogen and oxygen atoms in total. The van der Waals surface area contributed by atoms with Crippen molar-refractivity contribution >= 4 is 18.0 Å². The van der Waals surface area contributed by atoms with Crippen LogP contribution in [0.15, 0.2) is 48.5 Å². The smallest absolute Gasteiger partial charge is 0.407 e. The number of carboxylic acid groups (broad SMARTS) is 1. The number of carboxylic acids is 1. The van der Waals surface area contributed by atoms with Crippen LogP contribution < -0.4 is 5.32 Å². The van der Waals surface area contributed by atoms with Crippen molar-refractivity contribution < 1.29 is 29.3 Å². The van der Waals surface area contributed by atoms with Crippen LogP contribution in [-0.2, 0) is 14.3 Å². The Morgan fingerprint density at radius 3 is 2.31 bits per heavy atom. The maximum atomic E-state index is 12.9. The van der Waals surface area contributed by atoms with Gasteiger partial charge in [0.2, 0.25) is 5.91 Å². The van der Waals surface area contributed by atoms with Gasteiger partial charge in [0.1, 0.15) is 12.6 Å². The van der Waals surface area contributed by atoms with Crippen LogP contribution in [0.5, 0.6) is 0 Å². The van der Waals surface area contributed by atoms with E-state index in [4.69, 9.17) is 4.74 Å². The number of likely N-dealkylation sites (tertiary alicyclic amines) is 1. The first kappa shape index (κ1) is 24.7. The highest BCUT2D eigenvalue weighted by atomic mass is 16.5. The van der Waals surface area contributed by atoms with Crippen molar-refractivity contribution in [2.24, 2.45) is 0 Å². The normalized spacial score (nSPS) is 19.7. The highest BCUT2D eigenvalue weighted by molar-refractivity contribution is 5.85. The predicted molar refractivity (Wildman–Crippen MR) is 130 cm³/mol. The zero-order valence-electron chi connectivity index (χ0n) is 19.9. The van der Waals surface area contributed by atoms with E-state index in [2.05, 4.69) is 17.4 Å². The number of rotatable bonds is 9. The van der Waals surface area contributed by atoms with Gasteiger partial charge >= 0.3 is 12.1 Å². The summed E-state index contributed by atoms with van der Waals surface area (Å²) < 4.78 is 5.62. The fourth-order valence-corrected chi connectivity index (χ4v) is 5.13. The number of unbranched alkanes of at least 4 members (excludes halogenated alkanes) is 1. The number of nitrogens with zero attached hydrogens (tertiary/aromatic N) is 1. The van der Waals surface area contributed by atoms with Crippen molar-refractivity contribution in [2.75, 3.05) is 13.2 Å². The Bertz CT molecular complexity index is 1040. The van der Waals surface area contributed by atoms with Crippen LogP contribution in [0.1, 0.15) is 56.1 Å². The van der Waals surface area contributed by atoms with E-state index in [1.54, 1.807) is 0 Å². The topological polar surface area (TPSA) is 116 Å². The molecule has 3 atom stereocenters. The number of ether oxygens (including phenoxy) is 1. The van der Waals surface area contributed by atoms with Gasteiger partial charge in [0, 0.05) is 31.3 Å². The molecular formula is C27H32N2O6. The van der Waals surface area contributed by atoms with Gasteiger partial charge < -0.3 is 25.2 Å². The molecule has 1 aliphatic carbocycles. The van der Waals surface area contributed by atoms with E-state index in [1.807, 2.05) is 43.3 Å². The van der Waals surface area contributed by atoms with Crippen molar-refractivity contribution in [1.82, 2.24) is 10.2 Å². The number of carbonyl (C=O) groups excluding carboxylic acids is 2. The molecule has 35 heavy (non-hydrogen) atoms. The van der Waals surface area contributed by atoms with Crippen LogP contribution >= 0.6 is 0 Å². The number of alkyl carbamates (subject to hydrolysis) is 1. The average molecular weight is 481 g/mol. The number of benzene rings is 2. The third-order valence-corrected chi connectivity index (χ3v) is 6.88. The zero-order valence-corrected chi connectivity index (χ0v) is 19.9. The molecule has 8 heteroatoms. The van der Waals surface area contributed by atoms with Crippen LogP contribution in [0, 0.1) is 0 Å². The summed E-state index contributed by atoms with van der Waals surface area (Å²) in [5.74, 6) is -1.59. The van der Waals surface area contributed by atoms with E-state index >= 15 is 0 Å². The summed E-state index contributed by atoms with van der Waals surface area (Å²) in [6.45, 7) is 2.18. The quantitative estimate of drug-likeness (QED) is 0.506. The first-order chi connectivity index (χ1) is 16.9. The minimum atomic E-state index is -1.13. The molecule has 0 saturated carbocycles. The SMILES string of the molecule is CCCCC(CC(=O)N1CC(O)CC1C(=O)O)NC(=O)OCC1c2ccccc2-c2ccccc21. The third-order valence-electron chi connectivity index (χ3n) is 6.88. The van der Waals surface area contributed by atoms with E-state index < -0.39 is 36.2 Å². The molecule has 2 aromatic carbocycles. The van der Waals surface area contributed by atoms with Crippen LogP contribution in [0.25, 0.3) is 11.1 Å². The second kappa shape index (κ2) is 10.9. The average Bonchev–Trinajstić information content (AvgIpc) is 3.39. The van der Waals surface area contributed by atoms with Crippen molar-refractivity contribution in [3.63, 3.8) is 0 Å². The Morgan fingerprint density at radius 1 is 1.09 bits per heavy atom. The van der Waals surface area contributed by atoms with Crippen LogP contribution in [0.2, 0.25) is 0 Å². The Kier molecular flexibility index (Phi) is 7.70. The lowest BCUT2D eigenvalue weighted by atomic mass is 9.98. The van der Waals surface area contributed by atoms with Crippen LogP contribution in [-0.4, -0.2) is 64.4 Å². The summed E-state index contributed by atoms with van der Waals surface area (Å²) in [7, 11) is 0. The number of nitrogens with one attached hydrogen (secondary N) is 1. The van der Waals surface area contributed by atoms with E-state index in [1.165, 1.54) is 4.90 Å². The van der Waals surface area contributed by atoms with Crippen molar-refractivity contribution in [2.45, 2.75) is 63.1 Å². The number of β-amino-alcohol motifs (C(OH)–C–C–N with tert-alkyl or cyclic N) is 1. The number of amides is 2. The largest absolute Gasteiger partial charge is 0.480 e. The van der Waals surface area contributed by atoms with E-state index in [0.717, 1.165) is 35.1 Å². The summed E-state index contributed by atoms with van der Waals surface area (Å²) in [6.07, 6.45) is 0.771. The summed E-state index contributed by atoms with van der Waals surface area (Å²) in [5, 5.41) is 22.1. The number of aliphatic hydroxyl groups excluding tert-OH is 1. The molecule has 0 aromatic heterocycles. The molecule has 1 saturated heterocycles. The van der Waals surface area contributed by atoms with Gasteiger partial charge in [-0.25, -0.2) is 9.59 Å². The minimum Gasteiger partial charge on any atom is -0.480 e. The number of fused-ring (bicyclic) bond motifs is 3. The third kappa shape index (κ3) is 5.48. The molecule has 0 bridgehead atoms. The van der Waals surface area contributed by atoms with Gasteiger partial charge in [0.05, 0.1) is 6.10 Å². The van der Waals surface area contributed by atoms with Crippen molar-refractivity contribution in [1.29, 1.82) is 0 Å². The van der Waals surface area contributed by atoms with Gasteiger partial charge in [-0.3, -0.25) is 4.79 Å². The second-order valence-electron chi connectivity index (χ2n) is 9.30. The van der Waals surface area contributed by atoms with Gasteiger partial charge in [0.25, 0.3) is 0 Å². The van der Waals surface area contributed by atoms with Gasteiger partial charge in [-0.2, -0.15) is 0 Å². The molecule has 186 valence electrons. The van der Waals surface area contributed by atoms with E-state index in [9.17, 15) is 24.6 Å². The number of hydrogen-bond donors (Lipinski definition) is 3. The maximum Gasteiger partial charge on any atom is 0.407 e.